The van der Waals surface area contributed by atoms with Gasteiger partial charge >= 0.3 is 0 Å². The summed E-state index contributed by atoms with van der Waals surface area (Å²) in [5.74, 6) is -1.85. The molecule has 19 heavy (non-hydrogen) atoms. The van der Waals surface area contributed by atoms with Crippen molar-refractivity contribution in [2.45, 2.75) is 0 Å². The predicted octanol–water partition coefficient (Wildman–Crippen LogP) is -0.175. The van der Waals surface area contributed by atoms with Gasteiger partial charge in [0.2, 0.25) is 5.96 Å². The Bertz CT molecular complexity index is 628. The van der Waals surface area contributed by atoms with Crippen LogP contribution in [0.4, 0.5) is 15.8 Å². The van der Waals surface area contributed by atoms with Crippen molar-refractivity contribution >= 4 is 23.3 Å². The van der Waals surface area contributed by atoms with Crippen LogP contribution in [-0.2, 0) is 0 Å². The fraction of sp³-hybridized carbons (Fsp3) is 0. The zero-order valence-corrected chi connectivity index (χ0v) is 9.37. The lowest BCUT2D eigenvalue weighted by atomic mass is 10.2. The van der Waals surface area contributed by atoms with Crippen molar-refractivity contribution in [1.29, 1.82) is 5.26 Å². The molecule has 10 heteroatoms. The van der Waals surface area contributed by atoms with Crippen molar-refractivity contribution < 1.29 is 9.31 Å². The summed E-state index contributed by atoms with van der Waals surface area (Å²) >= 11 is 0. The van der Waals surface area contributed by atoms with E-state index >= 15 is 0 Å². The zero-order valence-electron chi connectivity index (χ0n) is 9.37. The maximum Gasteiger partial charge on any atom is 0.296 e. The monoisotopic (exact) mass is 265 g/mol. The molecule has 0 saturated heterocycles. The summed E-state index contributed by atoms with van der Waals surface area (Å²) in [4.78, 5) is 16.8. The maximum absolute atomic E-state index is 13.4. The number of hydrogen-bond acceptors (Lipinski definition) is 4. The van der Waals surface area contributed by atoms with Crippen molar-refractivity contribution in [1.82, 2.24) is 0 Å². The molecule has 0 fully saturated rings. The predicted molar refractivity (Wildman–Crippen MR) is 64.9 cm³/mol. The number of nitrogens with zero attached hydrogens (tertiary/aromatic N) is 4. The molecule has 0 heterocycles. The molecule has 0 amide bonds. The van der Waals surface area contributed by atoms with Gasteiger partial charge in [-0.15, -0.1) is 0 Å². The van der Waals surface area contributed by atoms with Crippen LogP contribution in [0.2, 0.25) is 0 Å². The average molecular weight is 265 g/mol. The van der Waals surface area contributed by atoms with E-state index in [2.05, 4.69) is 9.98 Å². The molecule has 1 aromatic carbocycles. The van der Waals surface area contributed by atoms with Gasteiger partial charge in [-0.2, -0.15) is 10.3 Å². The van der Waals surface area contributed by atoms with Gasteiger partial charge in [-0.1, -0.05) is 0 Å². The molecular formula is C9H8FN7O2. The summed E-state index contributed by atoms with van der Waals surface area (Å²) in [6, 6.07) is 2.92. The number of hydrogen-bond donors (Lipinski definition) is 3. The molecule has 0 bridgehead atoms. The van der Waals surface area contributed by atoms with Crippen LogP contribution in [0.5, 0.6) is 0 Å². The lowest BCUT2D eigenvalue weighted by Gasteiger charge is -2.00. The highest BCUT2D eigenvalue weighted by atomic mass is 19.1. The number of nitriles is 1. The molecule has 9 nitrogen and oxygen atoms in total. The van der Waals surface area contributed by atoms with Crippen LogP contribution < -0.4 is 17.2 Å². The van der Waals surface area contributed by atoms with Gasteiger partial charge in [0, 0.05) is 12.1 Å². The summed E-state index contributed by atoms with van der Waals surface area (Å²) < 4.78 is 13.4. The van der Waals surface area contributed by atoms with E-state index in [0.29, 0.717) is 6.07 Å². The van der Waals surface area contributed by atoms with Gasteiger partial charge in [-0.3, -0.25) is 10.1 Å². The number of nitro groups is 1. The van der Waals surface area contributed by atoms with Crippen LogP contribution in [0.25, 0.3) is 0 Å². The highest BCUT2D eigenvalue weighted by molar-refractivity contribution is 5.94. The van der Waals surface area contributed by atoms with E-state index in [0.717, 1.165) is 6.07 Å². The number of nitro benzene ring substituents is 1. The first-order chi connectivity index (χ1) is 8.85. The van der Waals surface area contributed by atoms with E-state index in [1.165, 1.54) is 6.07 Å². The highest BCUT2D eigenvalue weighted by Crippen LogP contribution is 2.30. The topological polar surface area (TPSA) is 170 Å². The van der Waals surface area contributed by atoms with Gasteiger partial charge in [0.1, 0.15) is 17.6 Å². The lowest BCUT2D eigenvalue weighted by Crippen LogP contribution is -2.26. The molecule has 0 saturated carbocycles. The van der Waals surface area contributed by atoms with Gasteiger partial charge in [-0.25, -0.2) is 9.38 Å². The fourth-order valence-corrected chi connectivity index (χ4v) is 1.15. The van der Waals surface area contributed by atoms with Gasteiger partial charge < -0.3 is 17.2 Å². The number of guanidine groups is 2. The Morgan fingerprint density at radius 1 is 1.42 bits per heavy atom. The molecule has 1 rings (SSSR count). The van der Waals surface area contributed by atoms with E-state index in [1.54, 1.807) is 0 Å². The number of halogens is 1. The highest BCUT2D eigenvalue weighted by Gasteiger charge is 2.18. The van der Waals surface area contributed by atoms with Gasteiger partial charge in [-0.05, 0) is 0 Å². The SMILES string of the molecule is N#Cc1cc([N+](=O)[O-])c(N=C(N)N=C(N)N)cc1F. The van der Waals surface area contributed by atoms with E-state index in [-0.39, 0.29) is 0 Å². The van der Waals surface area contributed by atoms with Crippen molar-refractivity contribution in [2.75, 3.05) is 0 Å². The van der Waals surface area contributed by atoms with Gasteiger partial charge in [0.15, 0.2) is 5.96 Å². The third-order valence-corrected chi connectivity index (χ3v) is 1.86. The largest absolute Gasteiger partial charge is 0.370 e. The molecule has 0 atom stereocenters. The Kier molecular flexibility index (Phi) is 3.94. The second-order valence-corrected chi connectivity index (χ2v) is 3.20. The second-order valence-electron chi connectivity index (χ2n) is 3.20. The van der Waals surface area contributed by atoms with E-state index in [4.69, 9.17) is 22.5 Å². The Hall–Kier alpha value is -3.22. The first-order valence-corrected chi connectivity index (χ1v) is 4.67. The molecule has 0 aliphatic carbocycles. The fourth-order valence-electron chi connectivity index (χ4n) is 1.15. The summed E-state index contributed by atoms with van der Waals surface area (Å²) in [5, 5.41) is 19.4. The number of nitrogens with two attached hydrogens (primary N) is 3. The minimum Gasteiger partial charge on any atom is -0.370 e. The smallest absolute Gasteiger partial charge is 0.296 e. The molecule has 0 radical (unpaired) electrons. The van der Waals surface area contributed by atoms with Crippen molar-refractivity contribution in [2.24, 2.45) is 27.2 Å². The van der Waals surface area contributed by atoms with Crippen LogP contribution in [0, 0.1) is 27.3 Å². The molecule has 0 spiro atoms. The maximum atomic E-state index is 13.4. The van der Waals surface area contributed by atoms with Crippen molar-refractivity contribution in [3.63, 3.8) is 0 Å². The summed E-state index contributed by atoms with van der Waals surface area (Å²) in [5.41, 5.74) is 13.9. The normalized spacial score (nSPS) is 10.6. The van der Waals surface area contributed by atoms with E-state index in [9.17, 15) is 14.5 Å². The Morgan fingerprint density at radius 2 is 2.05 bits per heavy atom. The molecule has 0 aliphatic heterocycles. The molecule has 0 aromatic heterocycles. The van der Waals surface area contributed by atoms with Crippen molar-refractivity contribution in [3.05, 3.63) is 33.6 Å². The first kappa shape index (κ1) is 13.8. The Morgan fingerprint density at radius 3 is 2.53 bits per heavy atom. The third-order valence-electron chi connectivity index (χ3n) is 1.86. The summed E-state index contributed by atoms with van der Waals surface area (Å²) in [6.07, 6.45) is 0. The summed E-state index contributed by atoms with van der Waals surface area (Å²) in [7, 11) is 0. The Balaban J connectivity index is 3.44. The number of benzene rings is 1. The van der Waals surface area contributed by atoms with Gasteiger partial charge in [0.25, 0.3) is 5.69 Å². The number of rotatable bonds is 2. The average Bonchev–Trinajstić information content (AvgIpc) is 2.27. The third kappa shape index (κ3) is 3.37. The quantitative estimate of drug-likeness (QED) is 0.290. The molecule has 6 N–H and O–H groups in total. The molecule has 98 valence electrons. The minimum absolute atomic E-state index is 0.399. The van der Waals surface area contributed by atoms with Gasteiger partial charge in [0.05, 0.1) is 10.5 Å². The molecule has 0 unspecified atom stereocenters. The zero-order chi connectivity index (χ0) is 14.6. The van der Waals surface area contributed by atoms with E-state index in [1.807, 2.05) is 0 Å². The van der Waals surface area contributed by atoms with Crippen LogP contribution in [-0.4, -0.2) is 16.8 Å². The standard InChI is InChI=1S/C9H8FN7O2/c10-5-2-6(15-9(14)16-8(12)13)7(17(18)19)1-4(5)3-11/h1-2H,(H6,12,13,14,15,16). The molecule has 0 aliphatic rings. The van der Waals surface area contributed by atoms with Crippen LogP contribution >= 0.6 is 0 Å². The lowest BCUT2D eigenvalue weighted by molar-refractivity contribution is -0.384. The van der Waals surface area contributed by atoms with Crippen LogP contribution in [0.1, 0.15) is 5.56 Å². The van der Waals surface area contributed by atoms with E-state index < -0.39 is 39.6 Å². The summed E-state index contributed by atoms with van der Waals surface area (Å²) in [6.45, 7) is 0. The molecule has 1 aromatic rings. The minimum atomic E-state index is -0.968. The molecular weight excluding hydrogens is 257 g/mol. The van der Waals surface area contributed by atoms with Crippen LogP contribution in [0.3, 0.4) is 0 Å². The van der Waals surface area contributed by atoms with Crippen LogP contribution in [0.15, 0.2) is 22.1 Å². The second kappa shape index (κ2) is 5.41. The Labute approximate surface area is 106 Å². The first-order valence-electron chi connectivity index (χ1n) is 4.67. The number of aliphatic imine (C=N–C) groups is 2. The van der Waals surface area contributed by atoms with Crippen molar-refractivity contribution in [3.8, 4) is 6.07 Å².